The highest BCUT2D eigenvalue weighted by Crippen LogP contribution is 2.26. The van der Waals surface area contributed by atoms with Crippen LogP contribution in [0.4, 0.5) is 0 Å². The third-order valence-corrected chi connectivity index (χ3v) is 3.74. The molecule has 0 aromatic carbocycles. The summed E-state index contributed by atoms with van der Waals surface area (Å²) >= 11 is 0. The van der Waals surface area contributed by atoms with Crippen molar-refractivity contribution in [3.8, 4) is 0 Å². The first-order valence-electron chi connectivity index (χ1n) is 6.47. The summed E-state index contributed by atoms with van der Waals surface area (Å²) in [5.41, 5.74) is 1.48. The average Bonchev–Trinajstić information content (AvgIpc) is 3.07. The van der Waals surface area contributed by atoms with Crippen LogP contribution in [0.15, 0.2) is 24.9 Å². The molecule has 0 radical (unpaired) electrons. The first-order valence-corrected chi connectivity index (χ1v) is 6.47. The van der Waals surface area contributed by atoms with Gasteiger partial charge in [0.25, 0.3) is 0 Å². The van der Waals surface area contributed by atoms with Crippen molar-refractivity contribution in [1.29, 1.82) is 0 Å². The third kappa shape index (κ3) is 3.43. The molecule has 0 amide bonds. The normalized spacial score (nSPS) is 18.9. The van der Waals surface area contributed by atoms with E-state index in [0.29, 0.717) is 0 Å². The number of nitrogens with one attached hydrogen (secondary N) is 1. The van der Waals surface area contributed by atoms with E-state index in [4.69, 9.17) is 0 Å². The Hall–Kier alpha value is -1.09. The second-order valence-corrected chi connectivity index (χ2v) is 5.46. The predicted molar refractivity (Wildman–Crippen MR) is 70.9 cm³/mol. The van der Waals surface area contributed by atoms with Crippen molar-refractivity contribution < 1.29 is 0 Å². The van der Waals surface area contributed by atoms with E-state index < -0.39 is 0 Å². The number of aromatic nitrogens is 2. The van der Waals surface area contributed by atoms with E-state index in [1.54, 1.807) is 0 Å². The van der Waals surface area contributed by atoms with Gasteiger partial charge in [0.2, 0.25) is 0 Å². The molecule has 1 aromatic rings. The first-order chi connectivity index (χ1) is 8.13. The van der Waals surface area contributed by atoms with Gasteiger partial charge in [-0.3, -0.25) is 4.68 Å². The second kappa shape index (κ2) is 5.05. The van der Waals surface area contributed by atoms with Crippen LogP contribution in [0.5, 0.6) is 0 Å². The van der Waals surface area contributed by atoms with Crippen LogP contribution in [0, 0.1) is 5.41 Å². The summed E-state index contributed by atoms with van der Waals surface area (Å²) in [6.07, 6.45) is 8.83. The summed E-state index contributed by atoms with van der Waals surface area (Å²) in [4.78, 5) is 0. The molecule has 0 saturated heterocycles. The molecular weight excluding hydrogens is 210 g/mol. The molecule has 1 aromatic heterocycles. The summed E-state index contributed by atoms with van der Waals surface area (Å²) in [6, 6.07) is 2.86. The molecule has 1 fully saturated rings. The minimum Gasteiger partial charge on any atom is -0.313 e. The van der Waals surface area contributed by atoms with E-state index in [9.17, 15) is 0 Å². The van der Waals surface area contributed by atoms with Crippen LogP contribution in [0.1, 0.15) is 31.9 Å². The molecule has 0 spiro atoms. The lowest BCUT2D eigenvalue weighted by Gasteiger charge is -2.26. The van der Waals surface area contributed by atoms with Gasteiger partial charge < -0.3 is 5.32 Å². The average molecular weight is 233 g/mol. The Balaban J connectivity index is 1.84. The lowest BCUT2D eigenvalue weighted by molar-refractivity contribution is 0.360. The Kier molecular flexibility index (Phi) is 3.67. The Morgan fingerprint density at radius 2 is 2.41 bits per heavy atom. The van der Waals surface area contributed by atoms with Gasteiger partial charge in [0.15, 0.2) is 0 Å². The van der Waals surface area contributed by atoms with Gasteiger partial charge in [-0.05, 0) is 37.2 Å². The molecule has 94 valence electrons. The standard InChI is InChI=1S/C14H23N3/c1-4-14(2,11-15-12-5-6-12)9-7-13-8-10-16-17(13)3/h4,8,10,12,15H,1,5-7,9,11H2,2-3H3. The minimum absolute atomic E-state index is 0.187. The largest absolute Gasteiger partial charge is 0.313 e. The number of rotatable bonds is 7. The summed E-state index contributed by atoms with van der Waals surface area (Å²) in [7, 11) is 2.00. The molecule has 1 heterocycles. The molecule has 1 aliphatic carbocycles. The van der Waals surface area contributed by atoms with E-state index in [-0.39, 0.29) is 5.41 Å². The van der Waals surface area contributed by atoms with Crippen molar-refractivity contribution in [3.05, 3.63) is 30.6 Å². The predicted octanol–water partition coefficient (Wildman–Crippen LogP) is 2.30. The third-order valence-electron chi connectivity index (χ3n) is 3.74. The maximum absolute atomic E-state index is 4.20. The Labute approximate surface area is 104 Å². The zero-order valence-electron chi connectivity index (χ0n) is 10.9. The molecule has 3 nitrogen and oxygen atoms in total. The highest BCUT2D eigenvalue weighted by molar-refractivity contribution is 5.03. The molecule has 0 bridgehead atoms. The maximum Gasteiger partial charge on any atom is 0.0492 e. The van der Waals surface area contributed by atoms with Crippen LogP contribution >= 0.6 is 0 Å². The quantitative estimate of drug-likeness (QED) is 0.732. The van der Waals surface area contributed by atoms with Crippen LogP contribution in [0.2, 0.25) is 0 Å². The van der Waals surface area contributed by atoms with Gasteiger partial charge >= 0.3 is 0 Å². The zero-order chi connectivity index (χ0) is 12.3. The molecule has 3 heteroatoms. The van der Waals surface area contributed by atoms with Gasteiger partial charge in [-0.15, -0.1) is 6.58 Å². The maximum atomic E-state index is 4.20. The van der Waals surface area contributed by atoms with Crippen molar-refractivity contribution in [2.45, 2.75) is 38.6 Å². The van der Waals surface area contributed by atoms with Gasteiger partial charge in [-0.2, -0.15) is 5.10 Å². The lowest BCUT2D eigenvalue weighted by Crippen LogP contribution is -2.32. The fraction of sp³-hybridized carbons (Fsp3) is 0.643. The van der Waals surface area contributed by atoms with E-state index in [0.717, 1.165) is 25.4 Å². The van der Waals surface area contributed by atoms with Crippen molar-refractivity contribution in [2.24, 2.45) is 12.5 Å². The minimum atomic E-state index is 0.187. The molecule has 1 unspecified atom stereocenters. The molecule has 0 aliphatic heterocycles. The van der Waals surface area contributed by atoms with Crippen LogP contribution in [0.25, 0.3) is 0 Å². The summed E-state index contributed by atoms with van der Waals surface area (Å²) in [6.45, 7) is 7.32. The Morgan fingerprint density at radius 3 is 2.94 bits per heavy atom. The van der Waals surface area contributed by atoms with E-state index in [1.807, 2.05) is 17.9 Å². The second-order valence-electron chi connectivity index (χ2n) is 5.46. The van der Waals surface area contributed by atoms with Crippen molar-refractivity contribution in [3.63, 3.8) is 0 Å². The van der Waals surface area contributed by atoms with E-state index in [1.165, 1.54) is 18.5 Å². The van der Waals surface area contributed by atoms with Gasteiger partial charge in [0, 0.05) is 31.5 Å². The summed E-state index contributed by atoms with van der Waals surface area (Å²) in [5, 5.41) is 7.80. The van der Waals surface area contributed by atoms with Crippen molar-refractivity contribution in [1.82, 2.24) is 15.1 Å². The monoisotopic (exact) mass is 233 g/mol. The number of aryl methyl sites for hydroxylation is 2. The Morgan fingerprint density at radius 1 is 1.65 bits per heavy atom. The van der Waals surface area contributed by atoms with Gasteiger partial charge in [0.1, 0.15) is 0 Å². The highest BCUT2D eigenvalue weighted by atomic mass is 15.2. The number of hydrogen-bond donors (Lipinski definition) is 1. The van der Waals surface area contributed by atoms with Crippen molar-refractivity contribution >= 4 is 0 Å². The molecule has 1 N–H and O–H groups in total. The number of nitrogens with zero attached hydrogens (tertiary/aromatic N) is 2. The SMILES string of the molecule is C=CC(C)(CCc1ccnn1C)CNC1CC1. The fourth-order valence-electron chi connectivity index (χ4n) is 1.99. The van der Waals surface area contributed by atoms with Crippen molar-refractivity contribution in [2.75, 3.05) is 6.54 Å². The zero-order valence-corrected chi connectivity index (χ0v) is 10.9. The smallest absolute Gasteiger partial charge is 0.0492 e. The summed E-state index contributed by atoms with van der Waals surface area (Å²) in [5.74, 6) is 0. The van der Waals surface area contributed by atoms with Gasteiger partial charge in [0.05, 0.1) is 0 Å². The fourth-order valence-corrected chi connectivity index (χ4v) is 1.99. The molecule has 1 saturated carbocycles. The van der Waals surface area contributed by atoms with Crippen LogP contribution in [-0.2, 0) is 13.5 Å². The van der Waals surface area contributed by atoms with Crippen LogP contribution in [0.3, 0.4) is 0 Å². The van der Waals surface area contributed by atoms with E-state index >= 15 is 0 Å². The molecule has 2 rings (SSSR count). The van der Waals surface area contributed by atoms with Gasteiger partial charge in [-0.1, -0.05) is 13.0 Å². The van der Waals surface area contributed by atoms with E-state index in [2.05, 4.69) is 36.1 Å². The van der Waals surface area contributed by atoms with Crippen LogP contribution < -0.4 is 5.32 Å². The molecule has 1 atom stereocenters. The number of hydrogen-bond acceptors (Lipinski definition) is 2. The first kappa shape index (κ1) is 12.4. The molecule has 1 aliphatic rings. The lowest BCUT2D eigenvalue weighted by atomic mass is 9.85. The van der Waals surface area contributed by atoms with Gasteiger partial charge in [-0.25, -0.2) is 0 Å². The van der Waals surface area contributed by atoms with Crippen LogP contribution in [-0.4, -0.2) is 22.4 Å². The highest BCUT2D eigenvalue weighted by Gasteiger charge is 2.26. The summed E-state index contributed by atoms with van der Waals surface area (Å²) < 4.78 is 1.96. The Bertz CT molecular complexity index is 379. The topological polar surface area (TPSA) is 29.9 Å². The molecule has 17 heavy (non-hydrogen) atoms. The molecular formula is C14H23N3.